The summed E-state index contributed by atoms with van der Waals surface area (Å²) in [6.45, 7) is 2.06. The van der Waals surface area contributed by atoms with E-state index in [1.807, 2.05) is 35.2 Å². The smallest absolute Gasteiger partial charge is 0.254 e. The number of rotatable bonds is 3. The lowest BCUT2D eigenvalue weighted by Gasteiger charge is -2.21. The molecule has 134 valence electrons. The van der Waals surface area contributed by atoms with Crippen LogP contribution in [0, 0.1) is 5.92 Å². The number of carbonyl (C=O) groups is 2. The lowest BCUT2D eigenvalue weighted by molar-refractivity contribution is -0.117. The molecule has 2 aromatic rings. The maximum atomic E-state index is 13.0. The van der Waals surface area contributed by atoms with Gasteiger partial charge in [0, 0.05) is 49.5 Å². The van der Waals surface area contributed by atoms with Gasteiger partial charge in [-0.15, -0.1) is 0 Å². The Bertz CT molecular complexity index is 845. The van der Waals surface area contributed by atoms with Gasteiger partial charge in [0.1, 0.15) is 0 Å². The van der Waals surface area contributed by atoms with Crippen molar-refractivity contribution in [3.63, 3.8) is 0 Å². The number of hydrogen-bond donors (Lipinski definition) is 1. The van der Waals surface area contributed by atoms with E-state index in [2.05, 4.69) is 29.4 Å². The molecule has 2 aliphatic rings. The van der Waals surface area contributed by atoms with E-state index in [-0.39, 0.29) is 17.7 Å². The predicted octanol–water partition coefficient (Wildman–Crippen LogP) is 3.13. The molecule has 0 radical (unpaired) electrons. The fraction of sp³-hybridized carbons (Fsp3) is 0.333. The van der Waals surface area contributed by atoms with Crippen molar-refractivity contribution >= 4 is 23.2 Å². The van der Waals surface area contributed by atoms with Gasteiger partial charge in [-0.05, 0) is 42.7 Å². The summed E-state index contributed by atoms with van der Waals surface area (Å²) in [6, 6.07) is 15.5. The number of hydrogen-bond acceptors (Lipinski definition) is 3. The molecule has 0 unspecified atom stereocenters. The lowest BCUT2D eigenvalue weighted by atomic mass is 10.1. The average Bonchev–Trinajstić information content (AvgIpc) is 3.50. The van der Waals surface area contributed by atoms with E-state index in [0.717, 1.165) is 24.9 Å². The van der Waals surface area contributed by atoms with Gasteiger partial charge >= 0.3 is 0 Å². The van der Waals surface area contributed by atoms with Crippen molar-refractivity contribution in [2.75, 3.05) is 30.4 Å². The average molecular weight is 349 g/mol. The first kappa shape index (κ1) is 16.6. The van der Waals surface area contributed by atoms with Crippen LogP contribution in [0.2, 0.25) is 0 Å². The highest BCUT2D eigenvalue weighted by molar-refractivity contribution is 5.98. The van der Waals surface area contributed by atoms with Gasteiger partial charge in [-0.25, -0.2) is 0 Å². The number of benzene rings is 2. The van der Waals surface area contributed by atoms with Gasteiger partial charge in [-0.2, -0.15) is 0 Å². The zero-order chi connectivity index (χ0) is 18.1. The van der Waals surface area contributed by atoms with E-state index in [1.165, 1.54) is 5.69 Å². The Morgan fingerprint density at radius 1 is 1.04 bits per heavy atom. The Labute approximate surface area is 153 Å². The van der Waals surface area contributed by atoms with Gasteiger partial charge in [0.2, 0.25) is 5.91 Å². The molecule has 5 nitrogen and oxygen atoms in total. The van der Waals surface area contributed by atoms with Gasteiger partial charge in [0.25, 0.3) is 5.91 Å². The molecule has 26 heavy (non-hydrogen) atoms. The maximum absolute atomic E-state index is 13.0. The third-order valence-corrected chi connectivity index (χ3v) is 5.08. The number of likely N-dealkylation sites (N-methyl/N-ethyl adjacent to an activating group) is 1. The fourth-order valence-corrected chi connectivity index (χ4v) is 3.37. The van der Waals surface area contributed by atoms with Crippen LogP contribution in [0.3, 0.4) is 0 Å². The minimum Gasteiger partial charge on any atom is -0.373 e. The van der Waals surface area contributed by atoms with Crippen LogP contribution in [0.4, 0.5) is 11.4 Å². The molecule has 0 atom stereocenters. The van der Waals surface area contributed by atoms with E-state index in [0.29, 0.717) is 24.3 Å². The Balaban J connectivity index is 1.53. The number of amides is 2. The molecule has 1 aliphatic heterocycles. The molecule has 0 bridgehead atoms. The minimum absolute atomic E-state index is 0.00220. The second kappa shape index (κ2) is 6.83. The van der Waals surface area contributed by atoms with Crippen molar-refractivity contribution in [2.45, 2.75) is 19.4 Å². The summed E-state index contributed by atoms with van der Waals surface area (Å²) in [7, 11) is 2.06. The van der Waals surface area contributed by atoms with E-state index in [4.69, 9.17) is 0 Å². The first-order chi connectivity index (χ1) is 12.6. The van der Waals surface area contributed by atoms with Crippen molar-refractivity contribution in [1.29, 1.82) is 0 Å². The van der Waals surface area contributed by atoms with E-state index in [9.17, 15) is 9.59 Å². The van der Waals surface area contributed by atoms with Crippen molar-refractivity contribution < 1.29 is 9.59 Å². The zero-order valence-corrected chi connectivity index (χ0v) is 14.9. The molecule has 2 aromatic carbocycles. The number of fused-ring (bicyclic) bond motifs is 1. The molecule has 1 heterocycles. The van der Waals surface area contributed by atoms with Crippen LogP contribution in [0.25, 0.3) is 0 Å². The highest BCUT2D eigenvalue weighted by Crippen LogP contribution is 2.30. The van der Waals surface area contributed by atoms with Gasteiger partial charge in [0.05, 0.1) is 0 Å². The Kier molecular flexibility index (Phi) is 4.37. The standard InChI is InChI=1S/C21H23N3O2/c1-23-11-12-24(14-17-5-2-3-8-19(17)23)21(26)16-6-4-7-18(13-16)22-20(25)15-9-10-15/h2-8,13,15H,9-12,14H2,1H3,(H,22,25). The van der Waals surface area contributed by atoms with E-state index in [1.54, 1.807) is 6.07 Å². The number of carbonyl (C=O) groups excluding carboxylic acids is 2. The summed E-state index contributed by atoms with van der Waals surface area (Å²) in [6.07, 6.45) is 1.93. The van der Waals surface area contributed by atoms with Crippen molar-refractivity contribution in [3.05, 3.63) is 59.7 Å². The molecular weight excluding hydrogens is 326 g/mol. The molecule has 5 heteroatoms. The number of nitrogens with zero attached hydrogens (tertiary/aromatic N) is 2. The Morgan fingerprint density at radius 2 is 1.85 bits per heavy atom. The minimum atomic E-state index is -0.00220. The van der Waals surface area contributed by atoms with Crippen LogP contribution >= 0.6 is 0 Å². The van der Waals surface area contributed by atoms with Gasteiger partial charge < -0.3 is 15.1 Å². The van der Waals surface area contributed by atoms with Crippen molar-refractivity contribution in [3.8, 4) is 0 Å². The quantitative estimate of drug-likeness (QED) is 0.926. The Morgan fingerprint density at radius 3 is 2.65 bits per heavy atom. The highest BCUT2D eigenvalue weighted by atomic mass is 16.2. The Hall–Kier alpha value is -2.82. The zero-order valence-electron chi connectivity index (χ0n) is 14.9. The highest BCUT2D eigenvalue weighted by Gasteiger charge is 2.29. The van der Waals surface area contributed by atoms with Crippen LogP contribution in [0.5, 0.6) is 0 Å². The summed E-state index contributed by atoms with van der Waals surface area (Å²) in [5.74, 6) is 0.199. The van der Waals surface area contributed by atoms with Crippen LogP contribution in [-0.2, 0) is 11.3 Å². The van der Waals surface area contributed by atoms with Crippen LogP contribution in [0.1, 0.15) is 28.8 Å². The molecule has 1 saturated carbocycles. The molecule has 1 fully saturated rings. The SMILES string of the molecule is CN1CCN(C(=O)c2cccc(NC(=O)C3CC3)c2)Cc2ccccc21. The van der Waals surface area contributed by atoms with Crippen molar-refractivity contribution in [2.24, 2.45) is 5.92 Å². The summed E-state index contributed by atoms with van der Waals surface area (Å²) >= 11 is 0. The molecule has 1 N–H and O–H groups in total. The number of nitrogens with one attached hydrogen (secondary N) is 1. The number of para-hydroxylation sites is 1. The van der Waals surface area contributed by atoms with Gasteiger partial charge in [-0.3, -0.25) is 9.59 Å². The summed E-state index contributed by atoms with van der Waals surface area (Å²) in [4.78, 5) is 29.1. The topological polar surface area (TPSA) is 52.6 Å². The maximum Gasteiger partial charge on any atom is 0.254 e. The monoisotopic (exact) mass is 349 g/mol. The molecule has 0 aromatic heterocycles. The molecule has 0 spiro atoms. The molecule has 0 saturated heterocycles. The first-order valence-corrected chi connectivity index (χ1v) is 9.11. The fourth-order valence-electron chi connectivity index (χ4n) is 3.37. The van der Waals surface area contributed by atoms with Crippen LogP contribution in [0.15, 0.2) is 48.5 Å². The molecular formula is C21H23N3O2. The van der Waals surface area contributed by atoms with E-state index >= 15 is 0 Å². The first-order valence-electron chi connectivity index (χ1n) is 9.11. The third-order valence-electron chi connectivity index (χ3n) is 5.08. The van der Waals surface area contributed by atoms with Gasteiger partial charge in [-0.1, -0.05) is 24.3 Å². The predicted molar refractivity (Wildman–Crippen MR) is 102 cm³/mol. The molecule has 1 aliphatic carbocycles. The van der Waals surface area contributed by atoms with Crippen LogP contribution in [-0.4, -0.2) is 36.9 Å². The summed E-state index contributed by atoms with van der Waals surface area (Å²) < 4.78 is 0. The van der Waals surface area contributed by atoms with E-state index < -0.39 is 0 Å². The number of anilines is 2. The summed E-state index contributed by atoms with van der Waals surface area (Å²) in [5, 5.41) is 2.92. The normalized spacial score (nSPS) is 16.7. The van der Waals surface area contributed by atoms with Gasteiger partial charge in [0.15, 0.2) is 0 Å². The largest absolute Gasteiger partial charge is 0.373 e. The van der Waals surface area contributed by atoms with Crippen LogP contribution < -0.4 is 10.2 Å². The lowest BCUT2D eigenvalue weighted by Crippen LogP contribution is -2.34. The van der Waals surface area contributed by atoms with Crippen molar-refractivity contribution in [1.82, 2.24) is 4.90 Å². The third kappa shape index (κ3) is 3.43. The molecule has 4 rings (SSSR count). The molecule has 2 amide bonds. The summed E-state index contributed by atoms with van der Waals surface area (Å²) in [5.41, 5.74) is 3.63. The second-order valence-electron chi connectivity index (χ2n) is 7.12. The second-order valence-corrected chi connectivity index (χ2v) is 7.12.